The molecule has 0 saturated heterocycles. The second-order valence-corrected chi connectivity index (χ2v) is 6.79. The standard InChI is InChI=1S/C16H20N2OS/c1-11-12(2)20-15(18-11)9-16(10-17)7-8-19-14-6-4-3-5-13(14)16/h3-6H,7-10,17H2,1-2H3. The topological polar surface area (TPSA) is 48.1 Å². The highest BCUT2D eigenvalue weighted by Crippen LogP contribution is 2.41. The van der Waals surface area contributed by atoms with Gasteiger partial charge in [0, 0.05) is 28.8 Å². The van der Waals surface area contributed by atoms with E-state index in [0.717, 1.165) is 30.9 Å². The Balaban J connectivity index is 2.00. The Morgan fingerprint density at radius 2 is 2.15 bits per heavy atom. The van der Waals surface area contributed by atoms with E-state index in [2.05, 4.69) is 26.0 Å². The van der Waals surface area contributed by atoms with E-state index in [0.29, 0.717) is 6.54 Å². The number of fused-ring (bicyclic) bond motifs is 1. The first-order valence-electron chi connectivity index (χ1n) is 7.00. The Bertz CT molecular complexity index is 603. The average molecular weight is 288 g/mol. The monoisotopic (exact) mass is 288 g/mol. The van der Waals surface area contributed by atoms with Gasteiger partial charge < -0.3 is 10.5 Å². The number of rotatable bonds is 3. The quantitative estimate of drug-likeness (QED) is 0.944. The summed E-state index contributed by atoms with van der Waals surface area (Å²) in [5, 5.41) is 1.18. The second-order valence-electron chi connectivity index (χ2n) is 5.51. The molecule has 1 unspecified atom stereocenters. The zero-order valence-electron chi connectivity index (χ0n) is 12.0. The van der Waals surface area contributed by atoms with Crippen molar-refractivity contribution in [3.05, 3.63) is 45.4 Å². The first kappa shape index (κ1) is 13.6. The summed E-state index contributed by atoms with van der Waals surface area (Å²) < 4.78 is 5.77. The lowest BCUT2D eigenvalue weighted by Crippen LogP contribution is -2.41. The summed E-state index contributed by atoms with van der Waals surface area (Å²) in [6.45, 7) is 5.56. The van der Waals surface area contributed by atoms with E-state index in [1.54, 1.807) is 11.3 Å². The van der Waals surface area contributed by atoms with Crippen molar-refractivity contribution in [2.24, 2.45) is 5.73 Å². The fraction of sp³-hybridized carbons (Fsp3) is 0.438. The van der Waals surface area contributed by atoms with Gasteiger partial charge in [-0.05, 0) is 26.3 Å². The lowest BCUT2D eigenvalue weighted by molar-refractivity contribution is 0.215. The molecule has 1 atom stereocenters. The lowest BCUT2D eigenvalue weighted by Gasteiger charge is -2.37. The lowest BCUT2D eigenvalue weighted by atomic mass is 9.73. The summed E-state index contributed by atoms with van der Waals surface area (Å²) in [6.07, 6.45) is 1.86. The molecule has 0 bridgehead atoms. The minimum Gasteiger partial charge on any atom is -0.493 e. The Morgan fingerprint density at radius 3 is 2.85 bits per heavy atom. The van der Waals surface area contributed by atoms with Gasteiger partial charge >= 0.3 is 0 Å². The first-order valence-corrected chi connectivity index (χ1v) is 7.81. The van der Waals surface area contributed by atoms with Crippen LogP contribution < -0.4 is 10.5 Å². The van der Waals surface area contributed by atoms with Gasteiger partial charge in [0.2, 0.25) is 0 Å². The highest BCUT2D eigenvalue weighted by molar-refractivity contribution is 7.11. The Kier molecular flexibility index (Phi) is 3.52. The molecule has 2 heterocycles. The molecule has 0 saturated carbocycles. The Hall–Kier alpha value is -1.39. The molecule has 0 spiro atoms. The van der Waals surface area contributed by atoms with Crippen molar-refractivity contribution in [2.45, 2.75) is 32.1 Å². The van der Waals surface area contributed by atoms with Crippen LogP contribution in [0.15, 0.2) is 24.3 Å². The zero-order valence-corrected chi connectivity index (χ0v) is 12.8. The number of para-hydroxylation sites is 1. The van der Waals surface area contributed by atoms with Crippen LogP contribution in [-0.2, 0) is 11.8 Å². The van der Waals surface area contributed by atoms with Crippen molar-refractivity contribution >= 4 is 11.3 Å². The number of nitrogens with zero attached hydrogens (tertiary/aromatic N) is 1. The van der Waals surface area contributed by atoms with Crippen LogP contribution in [0.3, 0.4) is 0 Å². The third-order valence-electron chi connectivity index (χ3n) is 4.25. The maximum absolute atomic E-state index is 6.17. The van der Waals surface area contributed by atoms with Crippen LogP contribution >= 0.6 is 11.3 Å². The third-order valence-corrected chi connectivity index (χ3v) is 5.32. The molecule has 0 amide bonds. The molecule has 0 aliphatic carbocycles. The van der Waals surface area contributed by atoms with E-state index in [-0.39, 0.29) is 5.41 Å². The maximum atomic E-state index is 6.17. The number of benzene rings is 1. The number of aryl methyl sites for hydroxylation is 2. The van der Waals surface area contributed by atoms with E-state index in [1.165, 1.54) is 15.4 Å². The Labute approximate surface area is 123 Å². The average Bonchev–Trinajstić information content (AvgIpc) is 2.77. The van der Waals surface area contributed by atoms with Gasteiger partial charge in [0.15, 0.2) is 0 Å². The number of nitrogens with two attached hydrogens (primary N) is 1. The smallest absolute Gasteiger partial charge is 0.123 e. The molecule has 1 aliphatic rings. The van der Waals surface area contributed by atoms with Gasteiger partial charge in [-0.3, -0.25) is 0 Å². The molecule has 0 fully saturated rings. The molecule has 106 valence electrons. The predicted octanol–water partition coefficient (Wildman–Crippen LogP) is 2.98. The SMILES string of the molecule is Cc1nc(CC2(CN)CCOc3ccccc32)sc1C. The Morgan fingerprint density at radius 1 is 1.35 bits per heavy atom. The van der Waals surface area contributed by atoms with Crippen LogP contribution in [0.1, 0.15) is 27.6 Å². The van der Waals surface area contributed by atoms with Crippen molar-refractivity contribution in [1.82, 2.24) is 4.98 Å². The predicted molar refractivity (Wildman–Crippen MR) is 82.6 cm³/mol. The van der Waals surface area contributed by atoms with Gasteiger partial charge in [0.1, 0.15) is 5.75 Å². The second kappa shape index (κ2) is 5.19. The van der Waals surface area contributed by atoms with Gasteiger partial charge in [0.05, 0.1) is 17.3 Å². The number of thiazole rings is 1. The van der Waals surface area contributed by atoms with E-state index >= 15 is 0 Å². The van der Waals surface area contributed by atoms with E-state index in [1.807, 2.05) is 12.1 Å². The summed E-state index contributed by atoms with van der Waals surface area (Å²) >= 11 is 1.79. The fourth-order valence-electron chi connectivity index (χ4n) is 2.89. The summed E-state index contributed by atoms with van der Waals surface area (Å²) in [7, 11) is 0. The van der Waals surface area contributed by atoms with E-state index < -0.39 is 0 Å². The maximum Gasteiger partial charge on any atom is 0.123 e. The molecule has 0 radical (unpaired) electrons. The number of hydrogen-bond acceptors (Lipinski definition) is 4. The molecule has 2 aromatic rings. The molecule has 3 rings (SSSR count). The molecule has 3 nitrogen and oxygen atoms in total. The van der Waals surface area contributed by atoms with Crippen molar-refractivity contribution in [1.29, 1.82) is 0 Å². The summed E-state index contributed by atoms with van der Waals surface area (Å²) in [4.78, 5) is 5.99. The molecule has 2 N–H and O–H groups in total. The molecule has 1 aromatic carbocycles. The number of ether oxygens (including phenoxy) is 1. The molecular formula is C16H20N2OS. The minimum absolute atomic E-state index is 0.0361. The van der Waals surface area contributed by atoms with Crippen molar-refractivity contribution in [3.63, 3.8) is 0 Å². The normalized spacial score (nSPS) is 21.4. The molecular weight excluding hydrogens is 268 g/mol. The van der Waals surface area contributed by atoms with Gasteiger partial charge in [-0.15, -0.1) is 11.3 Å². The van der Waals surface area contributed by atoms with Crippen molar-refractivity contribution in [2.75, 3.05) is 13.2 Å². The largest absolute Gasteiger partial charge is 0.493 e. The van der Waals surface area contributed by atoms with E-state index in [4.69, 9.17) is 15.5 Å². The minimum atomic E-state index is -0.0361. The van der Waals surface area contributed by atoms with Crippen LogP contribution in [0.4, 0.5) is 0 Å². The van der Waals surface area contributed by atoms with Crippen LogP contribution in [0.5, 0.6) is 5.75 Å². The highest BCUT2D eigenvalue weighted by atomic mass is 32.1. The summed E-state index contributed by atoms with van der Waals surface area (Å²) in [6, 6.07) is 8.27. The van der Waals surface area contributed by atoms with Crippen LogP contribution in [0.2, 0.25) is 0 Å². The van der Waals surface area contributed by atoms with Crippen molar-refractivity contribution in [3.8, 4) is 5.75 Å². The first-order chi connectivity index (χ1) is 9.64. The van der Waals surface area contributed by atoms with Crippen molar-refractivity contribution < 1.29 is 4.74 Å². The fourth-order valence-corrected chi connectivity index (χ4v) is 3.97. The molecule has 1 aromatic heterocycles. The third kappa shape index (κ3) is 2.23. The zero-order chi connectivity index (χ0) is 14.2. The highest BCUT2D eigenvalue weighted by Gasteiger charge is 2.37. The van der Waals surface area contributed by atoms with E-state index in [9.17, 15) is 0 Å². The molecule has 20 heavy (non-hydrogen) atoms. The number of hydrogen-bond donors (Lipinski definition) is 1. The van der Waals surface area contributed by atoms with Crippen LogP contribution in [0.25, 0.3) is 0 Å². The van der Waals surface area contributed by atoms with Gasteiger partial charge in [-0.1, -0.05) is 18.2 Å². The van der Waals surface area contributed by atoms with Gasteiger partial charge in [-0.25, -0.2) is 4.98 Å². The molecule has 1 aliphatic heterocycles. The number of aromatic nitrogens is 1. The van der Waals surface area contributed by atoms with Gasteiger partial charge in [-0.2, -0.15) is 0 Å². The summed E-state index contributed by atoms with van der Waals surface area (Å²) in [5.74, 6) is 0.981. The molecule has 4 heteroatoms. The van der Waals surface area contributed by atoms with Gasteiger partial charge in [0.25, 0.3) is 0 Å². The van der Waals surface area contributed by atoms with Crippen LogP contribution in [-0.4, -0.2) is 18.1 Å². The van der Waals surface area contributed by atoms with Crippen LogP contribution in [0, 0.1) is 13.8 Å². The summed E-state index contributed by atoms with van der Waals surface area (Å²) in [5.41, 5.74) is 8.50.